The Labute approximate surface area is 213 Å². The molecule has 0 unspecified atom stereocenters. The number of fused-ring (bicyclic) bond motifs is 2. The zero-order valence-electron chi connectivity index (χ0n) is 19.9. The number of aliphatic hydroxyl groups is 1. The first-order valence-corrected chi connectivity index (χ1v) is 11.9. The van der Waals surface area contributed by atoms with Gasteiger partial charge in [0.1, 0.15) is 6.04 Å². The van der Waals surface area contributed by atoms with Crippen molar-refractivity contribution in [2.45, 2.75) is 6.04 Å². The minimum atomic E-state index is -1.22. The van der Waals surface area contributed by atoms with Crippen molar-refractivity contribution in [1.82, 2.24) is 5.32 Å². The number of amides is 2. The Bertz CT molecular complexity index is 1380. The molecule has 188 valence electrons. The molecular formula is C28H25N3O6. The summed E-state index contributed by atoms with van der Waals surface area (Å²) in [6.45, 7) is 2.29. The highest BCUT2D eigenvalue weighted by Crippen LogP contribution is 2.28. The van der Waals surface area contributed by atoms with Gasteiger partial charge in [0.25, 0.3) is 5.91 Å². The number of carbonyl (C=O) groups is 4. The number of nitrogens with zero attached hydrogens (tertiary/aromatic N) is 1. The van der Waals surface area contributed by atoms with E-state index in [9.17, 15) is 24.3 Å². The lowest BCUT2D eigenvalue weighted by molar-refractivity contribution is -0.118. The van der Waals surface area contributed by atoms with Gasteiger partial charge in [-0.1, -0.05) is 24.3 Å². The molecule has 0 aromatic heterocycles. The summed E-state index contributed by atoms with van der Waals surface area (Å²) in [6.07, 6.45) is 0. The number of ketones is 2. The van der Waals surface area contributed by atoms with E-state index >= 15 is 0 Å². The van der Waals surface area contributed by atoms with E-state index in [0.29, 0.717) is 24.5 Å². The second-order valence-electron chi connectivity index (χ2n) is 8.81. The average Bonchev–Trinajstić information content (AvgIpc) is 2.95. The van der Waals surface area contributed by atoms with Crippen LogP contribution in [0, 0.1) is 0 Å². The van der Waals surface area contributed by atoms with Gasteiger partial charge in [-0.05, 0) is 42.5 Å². The van der Waals surface area contributed by atoms with Crippen LogP contribution in [0.3, 0.4) is 0 Å². The lowest BCUT2D eigenvalue weighted by atomic mass is 9.83. The van der Waals surface area contributed by atoms with E-state index in [1.807, 2.05) is 12.1 Å². The van der Waals surface area contributed by atoms with Crippen molar-refractivity contribution in [3.63, 3.8) is 0 Å². The second-order valence-corrected chi connectivity index (χ2v) is 8.81. The molecule has 5 rings (SSSR count). The van der Waals surface area contributed by atoms with Gasteiger partial charge in [0.2, 0.25) is 5.91 Å². The topological polar surface area (TPSA) is 125 Å². The van der Waals surface area contributed by atoms with E-state index in [1.165, 1.54) is 18.2 Å². The first kappa shape index (κ1) is 24.4. The van der Waals surface area contributed by atoms with Crippen molar-refractivity contribution in [3.05, 3.63) is 94.5 Å². The Morgan fingerprint density at radius 1 is 0.865 bits per heavy atom. The molecule has 2 aliphatic rings. The standard InChI is InChI=1S/C28H25N3O6/c32-16-24(28(36)29-18-6-8-19(9-7-18)31-11-13-37-14-12-31)30-27(35)17-5-10-22-23(15-17)26(34)21-4-2-1-3-20(21)25(22)33/h1-10,15,24,32H,11-14,16H2,(H,29,36)(H,30,35)/t24-/m0/s1. The lowest BCUT2D eigenvalue weighted by Crippen LogP contribution is -2.46. The molecule has 1 fully saturated rings. The predicted octanol–water partition coefficient (Wildman–Crippen LogP) is 2.03. The van der Waals surface area contributed by atoms with Crippen LogP contribution >= 0.6 is 0 Å². The number of morpholine rings is 1. The maximum atomic E-state index is 12.9. The molecule has 2 amide bonds. The summed E-state index contributed by atoms with van der Waals surface area (Å²) >= 11 is 0. The van der Waals surface area contributed by atoms with Crippen LogP contribution in [-0.2, 0) is 9.53 Å². The van der Waals surface area contributed by atoms with Crippen molar-refractivity contribution in [1.29, 1.82) is 0 Å². The average molecular weight is 500 g/mol. The first-order valence-electron chi connectivity index (χ1n) is 11.9. The Morgan fingerprint density at radius 3 is 2.14 bits per heavy atom. The zero-order chi connectivity index (χ0) is 25.9. The van der Waals surface area contributed by atoms with Gasteiger partial charge in [-0.25, -0.2) is 0 Å². The van der Waals surface area contributed by atoms with Gasteiger partial charge in [-0.3, -0.25) is 19.2 Å². The van der Waals surface area contributed by atoms with Gasteiger partial charge in [0.15, 0.2) is 11.6 Å². The van der Waals surface area contributed by atoms with Crippen LogP contribution in [0.25, 0.3) is 0 Å². The normalized spacial score (nSPS) is 15.4. The van der Waals surface area contributed by atoms with Crippen molar-refractivity contribution in [2.75, 3.05) is 43.1 Å². The smallest absolute Gasteiger partial charge is 0.252 e. The number of anilines is 2. The predicted molar refractivity (Wildman–Crippen MR) is 136 cm³/mol. The zero-order valence-corrected chi connectivity index (χ0v) is 19.9. The molecule has 0 spiro atoms. The van der Waals surface area contributed by atoms with Crippen molar-refractivity contribution < 1.29 is 29.0 Å². The third-order valence-electron chi connectivity index (χ3n) is 6.50. The molecule has 0 radical (unpaired) electrons. The van der Waals surface area contributed by atoms with Gasteiger partial charge < -0.3 is 25.4 Å². The molecule has 3 aromatic rings. The van der Waals surface area contributed by atoms with Gasteiger partial charge in [0, 0.05) is 52.3 Å². The summed E-state index contributed by atoms with van der Waals surface area (Å²) in [5.41, 5.74) is 2.58. The number of hydrogen-bond donors (Lipinski definition) is 3. The van der Waals surface area contributed by atoms with E-state index in [1.54, 1.807) is 36.4 Å². The molecule has 1 heterocycles. The summed E-state index contributed by atoms with van der Waals surface area (Å²) in [7, 11) is 0. The molecule has 1 saturated heterocycles. The van der Waals surface area contributed by atoms with E-state index in [2.05, 4.69) is 15.5 Å². The molecule has 1 aliphatic carbocycles. The number of carbonyl (C=O) groups excluding carboxylic acids is 4. The number of ether oxygens (including phenoxy) is 1. The molecule has 1 aliphatic heterocycles. The fourth-order valence-corrected chi connectivity index (χ4v) is 4.48. The minimum Gasteiger partial charge on any atom is -0.394 e. The fourth-order valence-electron chi connectivity index (χ4n) is 4.48. The monoisotopic (exact) mass is 499 g/mol. The highest BCUT2D eigenvalue weighted by Gasteiger charge is 2.30. The number of rotatable bonds is 6. The maximum Gasteiger partial charge on any atom is 0.252 e. The van der Waals surface area contributed by atoms with E-state index in [0.717, 1.165) is 18.8 Å². The Morgan fingerprint density at radius 2 is 1.49 bits per heavy atom. The van der Waals surface area contributed by atoms with Gasteiger partial charge in [-0.2, -0.15) is 0 Å². The SMILES string of the molecule is O=C(N[C@@H](CO)C(=O)Nc1ccc(N2CCOCC2)cc1)c1ccc2c(c1)C(=O)c1ccccc1C2=O. The molecular weight excluding hydrogens is 474 g/mol. The summed E-state index contributed by atoms with van der Waals surface area (Å²) < 4.78 is 5.36. The summed E-state index contributed by atoms with van der Waals surface area (Å²) in [5.74, 6) is -1.88. The fraction of sp³-hybridized carbons (Fsp3) is 0.214. The van der Waals surface area contributed by atoms with E-state index in [4.69, 9.17) is 4.74 Å². The Kier molecular flexibility index (Phi) is 6.80. The quantitative estimate of drug-likeness (QED) is 0.371. The third-order valence-corrected chi connectivity index (χ3v) is 6.50. The van der Waals surface area contributed by atoms with Gasteiger partial charge >= 0.3 is 0 Å². The van der Waals surface area contributed by atoms with Crippen LogP contribution in [0.5, 0.6) is 0 Å². The molecule has 9 heteroatoms. The first-order chi connectivity index (χ1) is 18.0. The number of aliphatic hydroxyl groups excluding tert-OH is 1. The molecule has 3 N–H and O–H groups in total. The van der Waals surface area contributed by atoms with Crippen LogP contribution in [0.2, 0.25) is 0 Å². The highest BCUT2D eigenvalue weighted by atomic mass is 16.5. The molecule has 1 atom stereocenters. The minimum absolute atomic E-state index is 0.0976. The van der Waals surface area contributed by atoms with Crippen LogP contribution in [0.4, 0.5) is 11.4 Å². The molecule has 3 aromatic carbocycles. The van der Waals surface area contributed by atoms with Crippen LogP contribution < -0.4 is 15.5 Å². The van der Waals surface area contributed by atoms with Crippen LogP contribution in [0.1, 0.15) is 42.2 Å². The van der Waals surface area contributed by atoms with Crippen molar-refractivity contribution in [3.8, 4) is 0 Å². The summed E-state index contributed by atoms with van der Waals surface area (Å²) in [4.78, 5) is 53.6. The summed E-state index contributed by atoms with van der Waals surface area (Å²) in [5, 5.41) is 15.0. The van der Waals surface area contributed by atoms with Crippen LogP contribution in [-0.4, -0.2) is 67.4 Å². The third kappa shape index (κ3) is 4.87. The molecule has 0 bridgehead atoms. The van der Waals surface area contributed by atoms with Crippen LogP contribution in [0.15, 0.2) is 66.7 Å². The number of hydrogen-bond acceptors (Lipinski definition) is 7. The Balaban J connectivity index is 1.26. The van der Waals surface area contributed by atoms with Gasteiger partial charge in [0.05, 0.1) is 19.8 Å². The van der Waals surface area contributed by atoms with Crippen molar-refractivity contribution >= 4 is 34.8 Å². The van der Waals surface area contributed by atoms with Gasteiger partial charge in [-0.15, -0.1) is 0 Å². The largest absolute Gasteiger partial charge is 0.394 e. The molecule has 9 nitrogen and oxygen atoms in total. The van der Waals surface area contributed by atoms with Crippen molar-refractivity contribution in [2.24, 2.45) is 0 Å². The Hall–Kier alpha value is -4.34. The maximum absolute atomic E-state index is 12.9. The van der Waals surface area contributed by atoms with E-state index < -0.39 is 24.5 Å². The lowest BCUT2D eigenvalue weighted by Gasteiger charge is -2.29. The number of nitrogens with one attached hydrogen (secondary N) is 2. The second kappa shape index (κ2) is 10.3. The summed E-state index contributed by atoms with van der Waals surface area (Å²) in [6, 6.07) is 16.8. The highest BCUT2D eigenvalue weighted by molar-refractivity contribution is 6.28. The van der Waals surface area contributed by atoms with E-state index in [-0.39, 0.29) is 33.8 Å². The molecule has 37 heavy (non-hydrogen) atoms. The molecule has 0 saturated carbocycles. The number of benzene rings is 3.